The SMILES string of the molecule is Cc1ccc2nc(CNC(=O)[C@H]3CCCN3C3CCOCC3)[nH]c2c1. The minimum absolute atomic E-state index is 0.00489. The van der Waals surface area contributed by atoms with E-state index in [9.17, 15) is 4.79 Å². The predicted octanol–water partition coefficient (Wildman–Crippen LogP) is 2.13. The summed E-state index contributed by atoms with van der Waals surface area (Å²) in [6.45, 7) is 5.16. The molecule has 2 aliphatic rings. The molecule has 25 heavy (non-hydrogen) atoms. The van der Waals surface area contributed by atoms with Crippen LogP contribution in [-0.2, 0) is 16.1 Å². The Morgan fingerprint density at radius 1 is 1.36 bits per heavy atom. The van der Waals surface area contributed by atoms with Gasteiger partial charge in [0, 0.05) is 19.3 Å². The van der Waals surface area contributed by atoms with Crippen LogP contribution in [-0.4, -0.2) is 52.6 Å². The van der Waals surface area contributed by atoms with Gasteiger partial charge in [-0.3, -0.25) is 9.69 Å². The first-order valence-electron chi connectivity index (χ1n) is 9.27. The van der Waals surface area contributed by atoms with Crippen LogP contribution in [0.1, 0.15) is 37.1 Å². The molecule has 1 amide bonds. The smallest absolute Gasteiger partial charge is 0.237 e. The zero-order valence-corrected chi connectivity index (χ0v) is 14.8. The molecule has 6 heteroatoms. The summed E-state index contributed by atoms with van der Waals surface area (Å²) in [5.74, 6) is 0.935. The minimum Gasteiger partial charge on any atom is -0.381 e. The number of aryl methyl sites for hydroxylation is 1. The van der Waals surface area contributed by atoms with Crippen molar-refractivity contribution >= 4 is 16.9 Å². The van der Waals surface area contributed by atoms with Crippen LogP contribution in [0.25, 0.3) is 11.0 Å². The fraction of sp³-hybridized carbons (Fsp3) is 0.579. The number of fused-ring (bicyclic) bond motifs is 1. The van der Waals surface area contributed by atoms with Gasteiger partial charge in [0.1, 0.15) is 5.82 Å². The van der Waals surface area contributed by atoms with Gasteiger partial charge in [-0.05, 0) is 56.8 Å². The molecule has 0 saturated carbocycles. The molecular weight excluding hydrogens is 316 g/mol. The molecule has 1 atom stereocenters. The van der Waals surface area contributed by atoms with Crippen LogP contribution < -0.4 is 5.32 Å². The third-order valence-corrected chi connectivity index (χ3v) is 5.37. The second-order valence-electron chi connectivity index (χ2n) is 7.16. The summed E-state index contributed by atoms with van der Waals surface area (Å²) in [6, 6.07) is 6.62. The maximum Gasteiger partial charge on any atom is 0.237 e. The molecule has 0 bridgehead atoms. The lowest BCUT2D eigenvalue weighted by atomic mass is 10.1. The quantitative estimate of drug-likeness (QED) is 0.893. The number of nitrogens with zero attached hydrogens (tertiary/aromatic N) is 2. The van der Waals surface area contributed by atoms with Gasteiger partial charge in [-0.25, -0.2) is 4.98 Å². The number of benzene rings is 1. The van der Waals surface area contributed by atoms with Crippen LogP contribution in [0.5, 0.6) is 0 Å². The van der Waals surface area contributed by atoms with Crippen molar-refractivity contribution in [2.75, 3.05) is 19.8 Å². The first-order valence-corrected chi connectivity index (χ1v) is 9.27. The molecule has 2 aliphatic heterocycles. The Labute approximate surface area is 147 Å². The largest absolute Gasteiger partial charge is 0.381 e. The summed E-state index contributed by atoms with van der Waals surface area (Å²) < 4.78 is 5.46. The molecule has 2 aromatic rings. The Morgan fingerprint density at radius 2 is 2.20 bits per heavy atom. The van der Waals surface area contributed by atoms with Crippen molar-refractivity contribution in [1.29, 1.82) is 0 Å². The van der Waals surface area contributed by atoms with Gasteiger partial charge in [-0.1, -0.05) is 6.07 Å². The van der Waals surface area contributed by atoms with Crippen molar-refractivity contribution in [3.8, 4) is 0 Å². The summed E-state index contributed by atoms with van der Waals surface area (Å²) in [4.78, 5) is 23.0. The van der Waals surface area contributed by atoms with Crippen LogP contribution in [0.3, 0.4) is 0 Å². The van der Waals surface area contributed by atoms with E-state index in [1.54, 1.807) is 0 Å². The topological polar surface area (TPSA) is 70.2 Å². The standard InChI is InChI=1S/C19H26N4O2/c1-13-4-5-15-16(11-13)22-18(21-15)12-20-19(24)17-3-2-8-23(17)14-6-9-25-10-7-14/h4-5,11,14,17H,2-3,6-10,12H2,1H3,(H,20,24)(H,21,22)/t17-/m1/s1. The highest BCUT2D eigenvalue weighted by Gasteiger charge is 2.35. The summed E-state index contributed by atoms with van der Waals surface area (Å²) in [5, 5.41) is 3.08. The Morgan fingerprint density at radius 3 is 3.04 bits per heavy atom. The zero-order chi connectivity index (χ0) is 17.2. The molecule has 4 rings (SSSR count). The van der Waals surface area contributed by atoms with Crippen LogP contribution in [0.4, 0.5) is 0 Å². The number of hydrogen-bond donors (Lipinski definition) is 2. The minimum atomic E-state index is -0.00489. The van der Waals surface area contributed by atoms with Crippen LogP contribution in [0.2, 0.25) is 0 Å². The van der Waals surface area contributed by atoms with Gasteiger partial charge < -0.3 is 15.0 Å². The van der Waals surface area contributed by atoms with E-state index in [-0.39, 0.29) is 11.9 Å². The molecule has 2 fully saturated rings. The summed E-state index contributed by atoms with van der Waals surface area (Å²) in [7, 11) is 0. The van der Waals surface area contributed by atoms with Gasteiger partial charge in [0.15, 0.2) is 0 Å². The first kappa shape index (κ1) is 16.5. The molecule has 0 radical (unpaired) electrons. The van der Waals surface area contributed by atoms with E-state index in [0.29, 0.717) is 12.6 Å². The molecule has 1 aromatic heterocycles. The monoisotopic (exact) mass is 342 g/mol. The zero-order valence-electron chi connectivity index (χ0n) is 14.8. The molecule has 2 saturated heterocycles. The first-order chi connectivity index (χ1) is 12.2. The Balaban J connectivity index is 1.38. The summed E-state index contributed by atoms with van der Waals surface area (Å²) in [6.07, 6.45) is 4.11. The number of aromatic nitrogens is 2. The summed E-state index contributed by atoms with van der Waals surface area (Å²) >= 11 is 0. The maximum atomic E-state index is 12.7. The number of likely N-dealkylation sites (tertiary alicyclic amines) is 1. The number of rotatable bonds is 4. The molecule has 134 valence electrons. The Hall–Kier alpha value is -1.92. The van der Waals surface area contributed by atoms with Gasteiger partial charge >= 0.3 is 0 Å². The fourth-order valence-electron chi connectivity index (χ4n) is 4.07. The van der Waals surface area contributed by atoms with E-state index in [2.05, 4.69) is 39.2 Å². The van der Waals surface area contributed by atoms with E-state index >= 15 is 0 Å². The lowest BCUT2D eigenvalue weighted by Crippen LogP contribution is -2.49. The molecular formula is C19H26N4O2. The van der Waals surface area contributed by atoms with E-state index < -0.39 is 0 Å². The highest BCUT2D eigenvalue weighted by molar-refractivity contribution is 5.82. The molecule has 0 spiro atoms. The number of imidazole rings is 1. The van der Waals surface area contributed by atoms with Gasteiger partial charge in [0.2, 0.25) is 5.91 Å². The van der Waals surface area contributed by atoms with Crippen LogP contribution >= 0.6 is 0 Å². The van der Waals surface area contributed by atoms with Crippen LogP contribution in [0.15, 0.2) is 18.2 Å². The van der Waals surface area contributed by atoms with Gasteiger partial charge in [0.25, 0.3) is 0 Å². The average Bonchev–Trinajstić information content (AvgIpc) is 3.26. The number of ether oxygens (including phenoxy) is 1. The van der Waals surface area contributed by atoms with E-state index in [1.165, 1.54) is 5.56 Å². The van der Waals surface area contributed by atoms with Crippen molar-refractivity contribution in [2.24, 2.45) is 0 Å². The average molecular weight is 342 g/mol. The molecule has 1 aromatic carbocycles. The number of aromatic amines is 1. The van der Waals surface area contributed by atoms with Crippen molar-refractivity contribution < 1.29 is 9.53 Å². The predicted molar refractivity (Wildman–Crippen MR) is 96.2 cm³/mol. The van der Waals surface area contributed by atoms with Gasteiger partial charge in [-0.2, -0.15) is 0 Å². The number of hydrogen-bond acceptors (Lipinski definition) is 4. The lowest BCUT2D eigenvalue weighted by Gasteiger charge is -2.34. The van der Waals surface area contributed by atoms with Gasteiger partial charge in [0.05, 0.1) is 23.6 Å². The maximum absolute atomic E-state index is 12.7. The second-order valence-corrected chi connectivity index (χ2v) is 7.16. The number of carbonyl (C=O) groups is 1. The van der Waals surface area contributed by atoms with Gasteiger partial charge in [-0.15, -0.1) is 0 Å². The normalized spacial score (nSPS) is 22.5. The number of carbonyl (C=O) groups excluding carboxylic acids is 1. The molecule has 2 N–H and O–H groups in total. The molecule has 3 heterocycles. The summed E-state index contributed by atoms with van der Waals surface area (Å²) in [5.41, 5.74) is 3.17. The van der Waals surface area contributed by atoms with Crippen molar-refractivity contribution in [3.05, 3.63) is 29.6 Å². The number of nitrogens with one attached hydrogen (secondary N) is 2. The Bertz CT molecular complexity index is 751. The van der Waals surface area contributed by atoms with Crippen LogP contribution in [0, 0.1) is 6.92 Å². The lowest BCUT2D eigenvalue weighted by molar-refractivity contribution is -0.127. The third-order valence-electron chi connectivity index (χ3n) is 5.37. The highest BCUT2D eigenvalue weighted by atomic mass is 16.5. The second kappa shape index (κ2) is 7.14. The van der Waals surface area contributed by atoms with E-state index in [4.69, 9.17) is 4.74 Å². The van der Waals surface area contributed by atoms with E-state index in [1.807, 2.05) is 6.07 Å². The number of amides is 1. The Kier molecular flexibility index (Phi) is 4.72. The van der Waals surface area contributed by atoms with Crippen molar-refractivity contribution in [3.63, 3.8) is 0 Å². The third kappa shape index (κ3) is 3.55. The molecule has 0 aliphatic carbocycles. The fourth-order valence-corrected chi connectivity index (χ4v) is 4.07. The van der Waals surface area contributed by atoms with Crippen molar-refractivity contribution in [1.82, 2.24) is 20.2 Å². The van der Waals surface area contributed by atoms with E-state index in [0.717, 1.165) is 62.3 Å². The molecule has 0 unspecified atom stereocenters. The highest BCUT2D eigenvalue weighted by Crippen LogP contribution is 2.25. The number of H-pyrrole nitrogens is 1. The van der Waals surface area contributed by atoms with Crippen molar-refractivity contribution in [2.45, 2.75) is 51.2 Å². The molecule has 6 nitrogen and oxygen atoms in total.